The van der Waals surface area contributed by atoms with E-state index in [9.17, 15) is 13.2 Å². The Hall–Kier alpha value is -2.12. The molecular formula is C13H12ClN3O3S. The molecule has 1 aromatic heterocycles. The van der Waals surface area contributed by atoms with Gasteiger partial charge in [0.2, 0.25) is 10.0 Å². The summed E-state index contributed by atoms with van der Waals surface area (Å²) in [6.07, 6.45) is 4.13. The van der Waals surface area contributed by atoms with Gasteiger partial charge in [-0.1, -0.05) is 11.6 Å². The standard InChI is InChI=1S/C13H12ClN3O3S/c1-21(19,20)17-12-5-4-9(7-11(12)14)13(18)16-10-3-2-6-15-8-10/h2-8,17H,1H3,(H,16,18). The highest BCUT2D eigenvalue weighted by Gasteiger charge is 2.11. The molecule has 1 aromatic carbocycles. The third kappa shape index (κ3) is 4.44. The van der Waals surface area contributed by atoms with E-state index < -0.39 is 10.0 Å². The van der Waals surface area contributed by atoms with E-state index in [1.54, 1.807) is 18.3 Å². The van der Waals surface area contributed by atoms with Gasteiger partial charge in [-0.15, -0.1) is 0 Å². The highest BCUT2D eigenvalue weighted by Crippen LogP contribution is 2.24. The number of pyridine rings is 1. The number of nitrogens with zero attached hydrogens (tertiary/aromatic N) is 1. The molecule has 0 saturated heterocycles. The Labute approximate surface area is 127 Å². The molecule has 2 aromatic rings. The maximum atomic E-state index is 12.0. The smallest absolute Gasteiger partial charge is 0.255 e. The first-order valence-corrected chi connectivity index (χ1v) is 8.11. The van der Waals surface area contributed by atoms with E-state index in [0.717, 1.165) is 6.26 Å². The monoisotopic (exact) mass is 325 g/mol. The predicted octanol–water partition coefficient (Wildman–Crippen LogP) is 2.36. The Kier molecular flexibility index (Phi) is 4.44. The molecule has 0 aliphatic carbocycles. The first-order chi connectivity index (χ1) is 9.85. The van der Waals surface area contributed by atoms with Crippen LogP contribution < -0.4 is 10.0 Å². The Morgan fingerprint density at radius 1 is 1.29 bits per heavy atom. The fraction of sp³-hybridized carbons (Fsp3) is 0.0769. The molecule has 0 spiro atoms. The van der Waals surface area contributed by atoms with Gasteiger partial charge < -0.3 is 5.32 Å². The average Bonchev–Trinajstić information content (AvgIpc) is 2.40. The number of amides is 1. The number of carbonyl (C=O) groups is 1. The molecule has 1 amide bonds. The van der Waals surface area contributed by atoms with Crippen molar-refractivity contribution in [3.8, 4) is 0 Å². The van der Waals surface area contributed by atoms with Crippen LogP contribution in [0.15, 0.2) is 42.7 Å². The molecular weight excluding hydrogens is 314 g/mol. The average molecular weight is 326 g/mol. The summed E-state index contributed by atoms with van der Waals surface area (Å²) in [7, 11) is -3.42. The Morgan fingerprint density at radius 2 is 2.05 bits per heavy atom. The lowest BCUT2D eigenvalue weighted by atomic mass is 10.2. The van der Waals surface area contributed by atoms with Crippen molar-refractivity contribution in [3.63, 3.8) is 0 Å². The predicted molar refractivity (Wildman–Crippen MR) is 82.1 cm³/mol. The molecule has 1 heterocycles. The van der Waals surface area contributed by atoms with Crippen molar-refractivity contribution < 1.29 is 13.2 Å². The first-order valence-electron chi connectivity index (χ1n) is 5.84. The number of benzene rings is 1. The van der Waals surface area contributed by atoms with Crippen LogP contribution in [0.4, 0.5) is 11.4 Å². The molecule has 0 unspecified atom stereocenters. The van der Waals surface area contributed by atoms with Crippen molar-refractivity contribution in [2.45, 2.75) is 0 Å². The summed E-state index contributed by atoms with van der Waals surface area (Å²) in [4.78, 5) is 15.9. The highest BCUT2D eigenvalue weighted by atomic mass is 35.5. The van der Waals surface area contributed by atoms with Crippen LogP contribution in [0.25, 0.3) is 0 Å². The number of aromatic nitrogens is 1. The number of sulfonamides is 1. The summed E-state index contributed by atoms with van der Waals surface area (Å²) in [6, 6.07) is 7.70. The van der Waals surface area contributed by atoms with Crippen molar-refractivity contribution >= 4 is 38.9 Å². The van der Waals surface area contributed by atoms with Crippen molar-refractivity contribution in [1.82, 2.24) is 4.98 Å². The van der Waals surface area contributed by atoms with Gasteiger partial charge in [-0.05, 0) is 30.3 Å². The zero-order valence-corrected chi connectivity index (χ0v) is 12.6. The second kappa shape index (κ2) is 6.11. The van der Waals surface area contributed by atoms with Crippen LogP contribution in [-0.2, 0) is 10.0 Å². The molecule has 8 heteroatoms. The molecule has 0 bridgehead atoms. The first kappa shape index (κ1) is 15.3. The van der Waals surface area contributed by atoms with E-state index >= 15 is 0 Å². The van der Waals surface area contributed by atoms with Crippen LogP contribution in [0.5, 0.6) is 0 Å². The minimum atomic E-state index is -3.42. The van der Waals surface area contributed by atoms with Crippen LogP contribution in [0, 0.1) is 0 Å². The van der Waals surface area contributed by atoms with Crippen LogP contribution in [0.2, 0.25) is 5.02 Å². The zero-order chi connectivity index (χ0) is 15.5. The minimum Gasteiger partial charge on any atom is -0.321 e. The van der Waals surface area contributed by atoms with Gasteiger partial charge in [0, 0.05) is 11.8 Å². The number of hydrogen-bond acceptors (Lipinski definition) is 4. The summed E-state index contributed by atoms with van der Waals surface area (Å²) in [5.41, 5.74) is 1.08. The highest BCUT2D eigenvalue weighted by molar-refractivity contribution is 7.92. The van der Waals surface area contributed by atoms with Crippen LogP contribution in [-0.4, -0.2) is 25.6 Å². The van der Waals surface area contributed by atoms with Gasteiger partial charge in [0.25, 0.3) is 5.91 Å². The molecule has 0 aliphatic heterocycles. The Morgan fingerprint density at radius 3 is 2.62 bits per heavy atom. The van der Waals surface area contributed by atoms with Crippen molar-refractivity contribution in [3.05, 3.63) is 53.3 Å². The van der Waals surface area contributed by atoms with E-state index in [1.165, 1.54) is 24.4 Å². The summed E-state index contributed by atoms with van der Waals surface area (Å²) in [5, 5.41) is 2.79. The molecule has 0 fully saturated rings. The number of anilines is 2. The number of rotatable bonds is 4. The SMILES string of the molecule is CS(=O)(=O)Nc1ccc(C(=O)Nc2cccnc2)cc1Cl. The van der Waals surface area contributed by atoms with E-state index in [1.807, 2.05) is 0 Å². The maximum absolute atomic E-state index is 12.0. The molecule has 0 saturated carbocycles. The lowest BCUT2D eigenvalue weighted by molar-refractivity contribution is 0.102. The van der Waals surface area contributed by atoms with Crippen LogP contribution >= 0.6 is 11.6 Å². The van der Waals surface area contributed by atoms with Crippen LogP contribution in [0.1, 0.15) is 10.4 Å². The van der Waals surface area contributed by atoms with Gasteiger partial charge in [-0.2, -0.15) is 0 Å². The molecule has 21 heavy (non-hydrogen) atoms. The third-order valence-corrected chi connectivity index (χ3v) is 3.35. The van der Waals surface area contributed by atoms with Crippen molar-refractivity contribution in [2.24, 2.45) is 0 Å². The van der Waals surface area contributed by atoms with Crippen molar-refractivity contribution in [1.29, 1.82) is 0 Å². The third-order valence-electron chi connectivity index (χ3n) is 2.45. The van der Waals surface area contributed by atoms with Crippen molar-refractivity contribution in [2.75, 3.05) is 16.3 Å². The van der Waals surface area contributed by atoms with Gasteiger partial charge >= 0.3 is 0 Å². The number of halogens is 1. The molecule has 0 radical (unpaired) electrons. The summed E-state index contributed by atoms with van der Waals surface area (Å²) < 4.78 is 24.6. The largest absolute Gasteiger partial charge is 0.321 e. The lowest BCUT2D eigenvalue weighted by Gasteiger charge is -2.09. The number of carbonyl (C=O) groups excluding carboxylic acids is 1. The van der Waals surface area contributed by atoms with E-state index in [2.05, 4.69) is 15.0 Å². The molecule has 2 N–H and O–H groups in total. The van der Waals surface area contributed by atoms with Gasteiger partial charge in [0.05, 0.1) is 28.9 Å². The normalized spacial score (nSPS) is 11.0. The fourth-order valence-electron chi connectivity index (χ4n) is 1.58. The molecule has 6 nitrogen and oxygen atoms in total. The lowest BCUT2D eigenvalue weighted by Crippen LogP contribution is -2.13. The van der Waals surface area contributed by atoms with Gasteiger partial charge in [0.1, 0.15) is 0 Å². The second-order valence-electron chi connectivity index (χ2n) is 4.26. The molecule has 0 aliphatic rings. The Balaban J connectivity index is 2.18. The summed E-state index contributed by atoms with van der Waals surface area (Å²) in [6.45, 7) is 0. The fourth-order valence-corrected chi connectivity index (χ4v) is 2.44. The summed E-state index contributed by atoms with van der Waals surface area (Å²) >= 11 is 5.96. The molecule has 0 atom stereocenters. The van der Waals surface area contributed by atoms with Crippen LogP contribution in [0.3, 0.4) is 0 Å². The van der Waals surface area contributed by atoms with Gasteiger partial charge in [-0.25, -0.2) is 8.42 Å². The number of nitrogens with one attached hydrogen (secondary N) is 2. The maximum Gasteiger partial charge on any atom is 0.255 e. The van der Waals surface area contributed by atoms with E-state index in [0.29, 0.717) is 11.3 Å². The Bertz CT molecular complexity index is 763. The van der Waals surface area contributed by atoms with E-state index in [4.69, 9.17) is 11.6 Å². The zero-order valence-electron chi connectivity index (χ0n) is 11.0. The van der Waals surface area contributed by atoms with Gasteiger partial charge in [0.15, 0.2) is 0 Å². The molecule has 2 rings (SSSR count). The topological polar surface area (TPSA) is 88.2 Å². The quantitative estimate of drug-likeness (QED) is 0.903. The van der Waals surface area contributed by atoms with E-state index in [-0.39, 0.29) is 16.6 Å². The number of hydrogen-bond donors (Lipinski definition) is 2. The molecule has 110 valence electrons. The minimum absolute atomic E-state index is 0.138. The second-order valence-corrected chi connectivity index (χ2v) is 6.42. The van der Waals surface area contributed by atoms with Gasteiger partial charge in [-0.3, -0.25) is 14.5 Å². The summed E-state index contributed by atoms with van der Waals surface area (Å²) in [5.74, 6) is -0.365.